The average Bonchev–Trinajstić information content (AvgIpc) is 3.22. The molecule has 0 saturated heterocycles. The lowest BCUT2D eigenvalue weighted by molar-refractivity contribution is -0.137. The van der Waals surface area contributed by atoms with Crippen molar-refractivity contribution >= 4 is 11.0 Å². The first-order valence-electron chi connectivity index (χ1n) is 10.3. The van der Waals surface area contributed by atoms with Crippen LogP contribution in [0.4, 0.5) is 13.2 Å². The third kappa shape index (κ3) is 3.93. The summed E-state index contributed by atoms with van der Waals surface area (Å²) in [5, 5.41) is 0.338. The fraction of sp³-hybridized carbons (Fsp3) is 0.0769. The van der Waals surface area contributed by atoms with Crippen molar-refractivity contribution < 1.29 is 13.2 Å². The Morgan fingerprint density at radius 1 is 0.818 bits per heavy atom. The number of hydrogen-bond donors (Lipinski definition) is 0. The van der Waals surface area contributed by atoms with E-state index < -0.39 is 11.7 Å². The summed E-state index contributed by atoms with van der Waals surface area (Å²) >= 11 is 0. The zero-order valence-electron chi connectivity index (χ0n) is 17.3. The molecule has 0 bridgehead atoms. The fourth-order valence-corrected chi connectivity index (χ4v) is 3.91. The monoisotopic (exact) mass is 445 g/mol. The average molecular weight is 445 g/mol. The standard InChI is InChI=1S/C26H18F3N3O/c27-26(28,29)20-12-7-13-21(14-20)32-23(19-10-5-2-6-11-19)15-22-24(32)30-17-31(25(22)33)16-18-8-3-1-4-9-18/h1-15,17H,16H2. The molecular formula is C26H18F3N3O. The summed E-state index contributed by atoms with van der Waals surface area (Å²) in [6.07, 6.45) is -3.04. The van der Waals surface area contributed by atoms with Gasteiger partial charge in [-0.25, -0.2) is 4.98 Å². The lowest BCUT2D eigenvalue weighted by Crippen LogP contribution is -2.21. The van der Waals surface area contributed by atoms with E-state index in [1.165, 1.54) is 17.0 Å². The Balaban J connectivity index is 1.74. The van der Waals surface area contributed by atoms with Crippen LogP contribution in [0.3, 0.4) is 0 Å². The van der Waals surface area contributed by atoms with Gasteiger partial charge in [-0.1, -0.05) is 66.7 Å². The van der Waals surface area contributed by atoms with E-state index in [9.17, 15) is 18.0 Å². The molecule has 7 heteroatoms. The van der Waals surface area contributed by atoms with E-state index in [-0.39, 0.29) is 11.2 Å². The summed E-state index contributed by atoms with van der Waals surface area (Å²) in [5.74, 6) is 0. The maximum Gasteiger partial charge on any atom is 0.416 e. The van der Waals surface area contributed by atoms with E-state index in [1.54, 1.807) is 16.7 Å². The van der Waals surface area contributed by atoms with Gasteiger partial charge >= 0.3 is 6.18 Å². The number of halogens is 3. The minimum atomic E-state index is -4.48. The summed E-state index contributed by atoms with van der Waals surface area (Å²) in [7, 11) is 0. The number of nitrogens with zero attached hydrogens (tertiary/aromatic N) is 3. The Labute approximate surface area is 187 Å². The molecule has 0 aliphatic carbocycles. The molecule has 3 aromatic carbocycles. The third-order valence-electron chi connectivity index (χ3n) is 5.48. The van der Waals surface area contributed by atoms with Gasteiger partial charge in [0, 0.05) is 5.69 Å². The molecule has 0 amide bonds. The van der Waals surface area contributed by atoms with Crippen LogP contribution in [0.2, 0.25) is 0 Å². The molecule has 0 N–H and O–H groups in total. The predicted molar refractivity (Wildman–Crippen MR) is 121 cm³/mol. The number of rotatable bonds is 4. The van der Waals surface area contributed by atoms with Crippen LogP contribution >= 0.6 is 0 Å². The van der Waals surface area contributed by atoms with E-state index >= 15 is 0 Å². The van der Waals surface area contributed by atoms with Crippen LogP contribution < -0.4 is 5.56 Å². The lowest BCUT2D eigenvalue weighted by Gasteiger charge is -2.13. The van der Waals surface area contributed by atoms with Crippen LogP contribution in [0, 0.1) is 0 Å². The molecule has 164 valence electrons. The van der Waals surface area contributed by atoms with Crippen LogP contribution in [-0.4, -0.2) is 14.1 Å². The highest BCUT2D eigenvalue weighted by Gasteiger charge is 2.31. The molecule has 0 atom stereocenters. The molecule has 5 aromatic rings. The van der Waals surface area contributed by atoms with Gasteiger partial charge in [-0.2, -0.15) is 13.2 Å². The topological polar surface area (TPSA) is 39.8 Å². The summed E-state index contributed by atoms with van der Waals surface area (Å²) in [6.45, 7) is 0.345. The van der Waals surface area contributed by atoms with Crippen molar-refractivity contribution in [2.45, 2.75) is 12.7 Å². The highest BCUT2D eigenvalue weighted by molar-refractivity contribution is 5.86. The molecular weight excluding hydrogens is 427 g/mol. The third-order valence-corrected chi connectivity index (χ3v) is 5.48. The molecule has 0 unspecified atom stereocenters. The van der Waals surface area contributed by atoms with Gasteiger partial charge in [0.25, 0.3) is 5.56 Å². The number of aromatic nitrogens is 3. The SMILES string of the molecule is O=c1c2cc(-c3ccccc3)n(-c3cccc(C(F)(F)F)c3)c2ncn1Cc1ccccc1. The number of benzene rings is 3. The molecule has 5 rings (SSSR count). The molecule has 0 radical (unpaired) electrons. The first-order chi connectivity index (χ1) is 15.9. The van der Waals surface area contributed by atoms with Crippen molar-refractivity contribution in [3.8, 4) is 16.9 Å². The molecule has 0 aliphatic heterocycles. The van der Waals surface area contributed by atoms with E-state index in [0.717, 1.165) is 23.3 Å². The van der Waals surface area contributed by atoms with Gasteiger partial charge in [0.2, 0.25) is 0 Å². The first-order valence-corrected chi connectivity index (χ1v) is 10.3. The van der Waals surface area contributed by atoms with Crippen LogP contribution in [-0.2, 0) is 12.7 Å². The van der Waals surface area contributed by atoms with Crippen LogP contribution in [0.25, 0.3) is 28.0 Å². The molecule has 0 saturated carbocycles. The van der Waals surface area contributed by atoms with Gasteiger partial charge in [0.15, 0.2) is 5.65 Å². The Morgan fingerprint density at radius 3 is 2.21 bits per heavy atom. The Morgan fingerprint density at radius 2 is 1.52 bits per heavy atom. The highest BCUT2D eigenvalue weighted by atomic mass is 19.4. The van der Waals surface area contributed by atoms with Crippen molar-refractivity contribution in [2.75, 3.05) is 0 Å². The molecule has 2 aromatic heterocycles. The number of fused-ring (bicyclic) bond motifs is 1. The maximum atomic E-state index is 13.4. The maximum absolute atomic E-state index is 13.4. The van der Waals surface area contributed by atoms with Crippen LogP contribution in [0.1, 0.15) is 11.1 Å². The summed E-state index contributed by atoms with van der Waals surface area (Å²) in [6, 6.07) is 25.5. The largest absolute Gasteiger partial charge is 0.416 e. The van der Waals surface area contributed by atoms with E-state index in [4.69, 9.17) is 0 Å². The van der Waals surface area contributed by atoms with E-state index in [2.05, 4.69) is 4.98 Å². The second-order valence-corrected chi connectivity index (χ2v) is 7.68. The smallest absolute Gasteiger partial charge is 0.294 e. The minimum absolute atomic E-state index is 0.258. The Bertz CT molecular complexity index is 1490. The van der Waals surface area contributed by atoms with Crippen molar-refractivity contribution in [3.05, 3.63) is 119 Å². The van der Waals surface area contributed by atoms with Crippen molar-refractivity contribution in [1.82, 2.24) is 14.1 Å². The second-order valence-electron chi connectivity index (χ2n) is 7.68. The lowest BCUT2D eigenvalue weighted by atomic mass is 10.1. The molecule has 0 fully saturated rings. The summed E-state index contributed by atoms with van der Waals surface area (Å²) in [5.41, 5.74) is 1.87. The van der Waals surface area contributed by atoms with Crippen molar-refractivity contribution in [3.63, 3.8) is 0 Å². The zero-order valence-corrected chi connectivity index (χ0v) is 17.3. The predicted octanol–water partition coefficient (Wildman–Crippen LogP) is 5.92. The van der Waals surface area contributed by atoms with Gasteiger partial charge in [-0.05, 0) is 35.4 Å². The van der Waals surface area contributed by atoms with Gasteiger partial charge in [0.05, 0.1) is 23.2 Å². The van der Waals surface area contributed by atoms with Gasteiger partial charge in [-0.3, -0.25) is 13.9 Å². The quantitative estimate of drug-likeness (QED) is 0.344. The zero-order chi connectivity index (χ0) is 23.0. The normalized spacial score (nSPS) is 11.7. The molecule has 2 heterocycles. The molecule has 0 aliphatic rings. The summed E-state index contributed by atoms with van der Waals surface area (Å²) in [4.78, 5) is 17.8. The Hall–Kier alpha value is -4.13. The van der Waals surface area contributed by atoms with Crippen LogP contribution in [0.15, 0.2) is 102 Å². The van der Waals surface area contributed by atoms with Crippen molar-refractivity contribution in [1.29, 1.82) is 0 Å². The van der Waals surface area contributed by atoms with Gasteiger partial charge in [0.1, 0.15) is 6.33 Å². The summed E-state index contributed by atoms with van der Waals surface area (Å²) < 4.78 is 43.3. The second kappa shape index (κ2) is 8.09. The first kappa shape index (κ1) is 20.8. The Kier molecular flexibility index (Phi) is 5.09. The number of alkyl halides is 3. The van der Waals surface area contributed by atoms with Crippen LogP contribution in [0.5, 0.6) is 0 Å². The molecule has 33 heavy (non-hydrogen) atoms. The van der Waals surface area contributed by atoms with E-state index in [1.807, 2.05) is 60.7 Å². The fourth-order valence-electron chi connectivity index (χ4n) is 3.91. The highest BCUT2D eigenvalue weighted by Crippen LogP contribution is 2.33. The number of hydrogen-bond acceptors (Lipinski definition) is 2. The minimum Gasteiger partial charge on any atom is -0.294 e. The van der Waals surface area contributed by atoms with Gasteiger partial charge in [-0.15, -0.1) is 0 Å². The molecule has 4 nitrogen and oxygen atoms in total. The van der Waals surface area contributed by atoms with Gasteiger partial charge < -0.3 is 0 Å². The van der Waals surface area contributed by atoms with Crippen molar-refractivity contribution in [2.24, 2.45) is 0 Å². The molecule has 0 spiro atoms. The van der Waals surface area contributed by atoms with E-state index in [0.29, 0.717) is 23.3 Å².